The number of fused-ring (bicyclic) bond motifs is 1. The number of aryl methyl sites for hydroxylation is 1. The van der Waals surface area contributed by atoms with Gasteiger partial charge in [0.1, 0.15) is 11.5 Å². The zero-order chi connectivity index (χ0) is 21.3. The monoisotopic (exact) mass is 407 g/mol. The van der Waals surface area contributed by atoms with E-state index in [2.05, 4.69) is 20.7 Å². The molecule has 8 heteroatoms. The summed E-state index contributed by atoms with van der Waals surface area (Å²) in [5.41, 5.74) is 2.30. The molecule has 2 aromatic heterocycles. The topological polar surface area (TPSA) is 97.6 Å². The van der Waals surface area contributed by atoms with Crippen LogP contribution >= 0.6 is 0 Å². The van der Waals surface area contributed by atoms with E-state index in [1.165, 1.54) is 0 Å². The maximum Gasteiger partial charge on any atom is 0.249 e. The van der Waals surface area contributed by atoms with Crippen molar-refractivity contribution in [2.24, 2.45) is 11.8 Å². The number of amides is 2. The number of hydrogen-bond acceptors (Lipinski definition) is 5. The average Bonchev–Trinajstić information content (AvgIpc) is 3.45. The number of benzene rings is 1. The quantitative estimate of drug-likeness (QED) is 0.613. The molecule has 1 saturated carbocycles. The summed E-state index contributed by atoms with van der Waals surface area (Å²) in [6.45, 7) is 5.96. The molecule has 0 radical (unpaired) electrons. The van der Waals surface area contributed by atoms with Gasteiger partial charge >= 0.3 is 0 Å². The third-order valence-corrected chi connectivity index (χ3v) is 4.80. The van der Waals surface area contributed by atoms with Crippen molar-refractivity contribution in [1.29, 1.82) is 0 Å². The summed E-state index contributed by atoms with van der Waals surface area (Å²) in [7, 11) is 0. The highest BCUT2D eigenvalue weighted by Gasteiger charge is 2.30. The van der Waals surface area contributed by atoms with Gasteiger partial charge in [0.25, 0.3) is 0 Å². The minimum absolute atomic E-state index is 0.0185. The predicted molar refractivity (Wildman–Crippen MR) is 114 cm³/mol. The van der Waals surface area contributed by atoms with Crippen LogP contribution in [0.15, 0.2) is 36.5 Å². The first kappa shape index (κ1) is 19.9. The fourth-order valence-corrected chi connectivity index (χ4v) is 3.04. The lowest BCUT2D eigenvalue weighted by Crippen LogP contribution is -2.14. The van der Waals surface area contributed by atoms with E-state index in [1.807, 2.05) is 32.9 Å². The van der Waals surface area contributed by atoms with Crippen molar-refractivity contribution < 1.29 is 14.3 Å². The number of hydrogen-bond donors (Lipinski definition) is 2. The summed E-state index contributed by atoms with van der Waals surface area (Å²) in [5.74, 6) is 1.78. The Balaban J connectivity index is 1.48. The van der Waals surface area contributed by atoms with Crippen molar-refractivity contribution in [2.45, 2.75) is 40.0 Å². The smallest absolute Gasteiger partial charge is 0.249 e. The fraction of sp³-hybridized carbons (Fsp3) is 0.364. The second-order valence-corrected chi connectivity index (χ2v) is 8.09. The molecule has 1 fully saturated rings. The van der Waals surface area contributed by atoms with E-state index in [1.54, 1.807) is 28.9 Å². The first-order valence-electron chi connectivity index (χ1n) is 10.1. The van der Waals surface area contributed by atoms with Crippen LogP contribution in [0, 0.1) is 18.8 Å². The molecule has 0 saturated heterocycles. The highest BCUT2D eigenvalue weighted by Crippen LogP contribution is 2.30. The second kappa shape index (κ2) is 8.14. The molecule has 0 unspecified atom stereocenters. The van der Waals surface area contributed by atoms with Crippen LogP contribution in [0.5, 0.6) is 11.5 Å². The van der Waals surface area contributed by atoms with Crippen LogP contribution < -0.4 is 15.4 Å². The van der Waals surface area contributed by atoms with E-state index in [0.717, 1.165) is 24.1 Å². The normalized spacial score (nSPS) is 13.5. The van der Waals surface area contributed by atoms with Gasteiger partial charge in [0.15, 0.2) is 5.65 Å². The molecule has 3 aromatic rings. The van der Waals surface area contributed by atoms with Crippen molar-refractivity contribution in [3.8, 4) is 11.5 Å². The van der Waals surface area contributed by atoms with E-state index >= 15 is 0 Å². The number of rotatable bonds is 7. The Morgan fingerprint density at radius 2 is 1.93 bits per heavy atom. The fourth-order valence-electron chi connectivity index (χ4n) is 3.04. The summed E-state index contributed by atoms with van der Waals surface area (Å²) < 4.78 is 7.52. The zero-order valence-corrected chi connectivity index (χ0v) is 17.3. The van der Waals surface area contributed by atoms with Crippen molar-refractivity contribution in [2.75, 3.05) is 10.6 Å². The van der Waals surface area contributed by atoms with Crippen molar-refractivity contribution in [3.63, 3.8) is 0 Å². The molecule has 30 heavy (non-hydrogen) atoms. The number of aromatic nitrogens is 3. The Morgan fingerprint density at radius 3 is 2.67 bits per heavy atom. The number of anilines is 2. The number of carbonyl (C=O) groups is 2. The minimum atomic E-state index is -0.0333. The average molecular weight is 407 g/mol. The molecule has 4 rings (SSSR count). The Labute approximate surface area is 174 Å². The minimum Gasteiger partial charge on any atom is -0.456 e. The van der Waals surface area contributed by atoms with E-state index in [4.69, 9.17) is 4.74 Å². The van der Waals surface area contributed by atoms with E-state index in [0.29, 0.717) is 23.6 Å². The van der Waals surface area contributed by atoms with Crippen LogP contribution in [-0.2, 0) is 9.59 Å². The van der Waals surface area contributed by atoms with Crippen LogP contribution in [0.4, 0.5) is 11.6 Å². The van der Waals surface area contributed by atoms with Gasteiger partial charge in [0.05, 0.1) is 6.20 Å². The number of pyridine rings is 1. The highest BCUT2D eigenvalue weighted by atomic mass is 16.5. The van der Waals surface area contributed by atoms with E-state index in [-0.39, 0.29) is 29.6 Å². The Kier molecular flexibility index (Phi) is 5.39. The molecule has 156 valence electrons. The molecule has 2 N–H and O–H groups in total. The van der Waals surface area contributed by atoms with Crippen LogP contribution in [0.1, 0.15) is 38.7 Å². The van der Waals surface area contributed by atoms with Gasteiger partial charge in [-0.15, -0.1) is 5.10 Å². The standard InChI is InChI=1S/C22H25N5O3/c1-13(2)10-20(28)23-18-11-16(7-4-14(18)3)30-17-8-9-19-24-22(26-27(19)12-17)25-21(29)15-5-6-15/h4,7-9,11-13,15H,5-6,10H2,1-3H3,(H,23,28)(H,25,26,29). The van der Waals surface area contributed by atoms with Gasteiger partial charge in [-0.25, -0.2) is 4.52 Å². The largest absolute Gasteiger partial charge is 0.456 e. The van der Waals surface area contributed by atoms with Gasteiger partial charge in [-0.3, -0.25) is 14.9 Å². The maximum absolute atomic E-state index is 12.1. The lowest BCUT2D eigenvalue weighted by molar-refractivity contribution is -0.118. The van der Waals surface area contributed by atoms with Crippen LogP contribution in [0.25, 0.3) is 5.65 Å². The Hall–Kier alpha value is -3.42. The molecule has 8 nitrogen and oxygen atoms in total. The van der Waals surface area contributed by atoms with Gasteiger partial charge in [0, 0.05) is 24.1 Å². The molecule has 0 spiro atoms. The van der Waals surface area contributed by atoms with Crippen molar-refractivity contribution in [3.05, 3.63) is 42.1 Å². The molecule has 1 aromatic carbocycles. The third kappa shape index (κ3) is 4.76. The zero-order valence-electron chi connectivity index (χ0n) is 17.3. The molecule has 0 bridgehead atoms. The van der Waals surface area contributed by atoms with Crippen molar-refractivity contribution in [1.82, 2.24) is 14.6 Å². The number of nitrogens with zero attached hydrogens (tertiary/aromatic N) is 3. The second-order valence-electron chi connectivity index (χ2n) is 8.09. The van der Waals surface area contributed by atoms with Crippen LogP contribution in [0.2, 0.25) is 0 Å². The summed E-state index contributed by atoms with van der Waals surface area (Å²) in [6.07, 6.45) is 4.01. The van der Waals surface area contributed by atoms with Gasteiger partial charge in [0.2, 0.25) is 17.8 Å². The van der Waals surface area contributed by atoms with Crippen LogP contribution in [-0.4, -0.2) is 26.4 Å². The summed E-state index contributed by atoms with van der Waals surface area (Å²) in [4.78, 5) is 28.3. The number of ether oxygens (including phenoxy) is 1. The lowest BCUT2D eigenvalue weighted by atomic mass is 10.1. The molecule has 2 heterocycles. The lowest BCUT2D eigenvalue weighted by Gasteiger charge is -2.12. The predicted octanol–water partition coefficient (Wildman–Crippen LogP) is 4.16. The summed E-state index contributed by atoms with van der Waals surface area (Å²) >= 11 is 0. The Morgan fingerprint density at radius 1 is 1.17 bits per heavy atom. The SMILES string of the molecule is Cc1ccc(Oc2ccc3nc(NC(=O)C4CC4)nn3c2)cc1NC(=O)CC(C)C. The van der Waals surface area contributed by atoms with Gasteiger partial charge in [-0.2, -0.15) is 4.98 Å². The molecule has 1 aliphatic carbocycles. The molecule has 0 aliphatic heterocycles. The molecular formula is C22H25N5O3. The molecular weight excluding hydrogens is 382 g/mol. The van der Waals surface area contributed by atoms with E-state index < -0.39 is 0 Å². The molecule has 0 atom stereocenters. The Bertz CT molecular complexity index is 1100. The first-order valence-corrected chi connectivity index (χ1v) is 10.1. The summed E-state index contributed by atoms with van der Waals surface area (Å²) in [5, 5.41) is 9.99. The van der Waals surface area contributed by atoms with Gasteiger partial charge < -0.3 is 10.1 Å². The summed E-state index contributed by atoms with van der Waals surface area (Å²) in [6, 6.07) is 9.11. The van der Waals surface area contributed by atoms with Crippen molar-refractivity contribution >= 4 is 29.1 Å². The molecule has 1 aliphatic rings. The number of carbonyl (C=O) groups excluding carboxylic acids is 2. The highest BCUT2D eigenvalue weighted by molar-refractivity contribution is 5.93. The van der Waals surface area contributed by atoms with E-state index in [9.17, 15) is 9.59 Å². The first-order chi connectivity index (χ1) is 14.4. The molecule has 2 amide bonds. The maximum atomic E-state index is 12.1. The van der Waals surface area contributed by atoms with Crippen LogP contribution in [0.3, 0.4) is 0 Å². The van der Waals surface area contributed by atoms with Gasteiger partial charge in [-0.05, 0) is 49.4 Å². The third-order valence-electron chi connectivity index (χ3n) is 4.80. The van der Waals surface area contributed by atoms with Gasteiger partial charge in [-0.1, -0.05) is 19.9 Å². The number of nitrogens with one attached hydrogen (secondary N) is 2.